The van der Waals surface area contributed by atoms with Gasteiger partial charge in [-0.3, -0.25) is 4.79 Å². The lowest BCUT2D eigenvalue weighted by Crippen LogP contribution is -2.32. The maximum atomic E-state index is 12.0. The first-order valence-corrected chi connectivity index (χ1v) is 6.11. The third kappa shape index (κ3) is 2.99. The second-order valence-corrected chi connectivity index (χ2v) is 5.79. The molecule has 1 aliphatic heterocycles. The molecule has 0 saturated carbocycles. The third-order valence-electron chi connectivity index (χ3n) is 2.86. The summed E-state index contributed by atoms with van der Waals surface area (Å²) in [6.07, 6.45) is 1.01. The van der Waals surface area contributed by atoms with Crippen LogP contribution in [0.25, 0.3) is 0 Å². The lowest BCUT2D eigenvalue weighted by Gasteiger charge is -2.18. The number of rotatable bonds is 2. The average Bonchev–Trinajstić information content (AvgIpc) is 2.71. The van der Waals surface area contributed by atoms with Gasteiger partial charge in [0, 0.05) is 24.3 Å². The molecule has 2 rings (SSSR count). The molecule has 1 amide bonds. The Balaban J connectivity index is 2.05. The lowest BCUT2D eigenvalue weighted by molar-refractivity contribution is 0.0939. The maximum Gasteiger partial charge on any atom is 0.251 e. The highest BCUT2D eigenvalue weighted by Crippen LogP contribution is 2.23. The summed E-state index contributed by atoms with van der Waals surface area (Å²) in [5.41, 5.74) is 3.29. The lowest BCUT2D eigenvalue weighted by atomic mass is 9.97. The molecule has 1 aliphatic rings. The van der Waals surface area contributed by atoms with Crippen molar-refractivity contribution in [3.05, 3.63) is 29.3 Å². The molecule has 1 heterocycles. The zero-order chi connectivity index (χ0) is 12.5. The standard InChI is InChI=1S/C14H20N2O/c1-14(2,3)9-16-13(17)11-4-5-12-10(8-11)6-7-15-12/h4-5,8,15H,6-7,9H2,1-3H3,(H,16,17). The van der Waals surface area contributed by atoms with Crippen LogP contribution in [0, 0.1) is 5.41 Å². The van der Waals surface area contributed by atoms with E-state index >= 15 is 0 Å². The molecule has 0 fully saturated rings. The van der Waals surface area contributed by atoms with Crippen molar-refractivity contribution >= 4 is 11.6 Å². The van der Waals surface area contributed by atoms with Gasteiger partial charge < -0.3 is 10.6 Å². The van der Waals surface area contributed by atoms with Crippen LogP contribution in [0.2, 0.25) is 0 Å². The van der Waals surface area contributed by atoms with Crippen molar-refractivity contribution in [1.29, 1.82) is 0 Å². The Morgan fingerprint density at radius 3 is 2.88 bits per heavy atom. The van der Waals surface area contributed by atoms with E-state index < -0.39 is 0 Å². The van der Waals surface area contributed by atoms with Crippen molar-refractivity contribution < 1.29 is 4.79 Å². The van der Waals surface area contributed by atoms with E-state index in [-0.39, 0.29) is 11.3 Å². The van der Waals surface area contributed by atoms with Crippen molar-refractivity contribution in [3.63, 3.8) is 0 Å². The van der Waals surface area contributed by atoms with Crippen LogP contribution in [-0.2, 0) is 6.42 Å². The second kappa shape index (κ2) is 4.40. The van der Waals surface area contributed by atoms with E-state index in [0.717, 1.165) is 24.2 Å². The summed E-state index contributed by atoms with van der Waals surface area (Å²) in [7, 11) is 0. The first-order valence-electron chi connectivity index (χ1n) is 6.11. The minimum Gasteiger partial charge on any atom is -0.384 e. The fourth-order valence-electron chi connectivity index (χ4n) is 1.89. The van der Waals surface area contributed by atoms with Gasteiger partial charge in [-0.2, -0.15) is 0 Å². The summed E-state index contributed by atoms with van der Waals surface area (Å²) in [6.45, 7) is 8.00. The number of fused-ring (bicyclic) bond motifs is 1. The molecule has 0 atom stereocenters. The number of hydrogen-bond donors (Lipinski definition) is 2. The number of carbonyl (C=O) groups is 1. The zero-order valence-corrected chi connectivity index (χ0v) is 10.8. The molecular formula is C14H20N2O. The van der Waals surface area contributed by atoms with E-state index in [1.54, 1.807) is 0 Å². The summed E-state index contributed by atoms with van der Waals surface area (Å²) >= 11 is 0. The molecular weight excluding hydrogens is 212 g/mol. The van der Waals surface area contributed by atoms with Crippen LogP contribution < -0.4 is 10.6 Å². The molecule has 0 unspecified atom stereocenters. The van der Waals surface area contributed by atoms with Crippen LogP contribution in [0.15, 0.2) is 18.2 Å². The number of carbonyl (C=O) groups excluding carboxylic acids is 1. The van der Waals surface area contributed by atoms with Crippen LogP contribution in [-0.4, -0.2) is 19.0 Å². The summed E-state index contributed by atoms with van der Waals surface area (Å²) in [6, 6.07) is 5.87. The molecule has 1 aromatic carbocycles. The van der Waals surface area contributed by atoms with Crippen LogP contribution in [0.3, 0.4) is 0 Å². The Kier molecular flexibility index (Phi) is 3.09. The number of amides is 1. The van der Waals surface area contributed by atoms with E-state index in [1.165, 1.54) is 5.56 Å². The van der Waals surface area contributed by atoms with Gasteiger partial charge in [0.1, 0.15) is 0 Å². The average molecular weight is 232 g/mol. The van der Waals surface area contributed by atoms with Crippen molar-refractivity contribution in [1.82, 2.24) is 5.32 Å². The molecule has 0 saturated heterocycles. The van der Waals surface area contributed by atoms with Gasteiger partial charge in [0.05, 0.1) is 0 Å². The molecule has 0 aromatic heterocycles. The Bertz CT molecular complexity index is 432. The molecule has 3 heteroatoms. The Hall–Kier alpha value is -1.51. The van der Waals surface area contributed by atoms with Gasteiger partial charge in [-0.15, -0.1) is 0 Å². The maximum absolute atomic E-state index is 12.0. The molecule has 17 heavy (non-hydrogen) atoms. The van der Waals surface area contributed by atoms with E-state index in [2.05, 4.69) is 31.4 Å². The summed E-state index contributed by atoms with van der Waals surface area (Å²) in [5.74, 6) is 0.0228. The van der Waals surface area contributed by atoms with Crippen LogP contribution in [0.4, 0.5) is 5.69 Å². The third-order valence-corrected chi connectivity index (χ3v) is 2.86. The van der Waals surface area contributed by atoms with Gasteiger partial charge in [0.2, 0.25) is 0 Å². The SMILES string of the molecule is CC(C)(C)CNC(=O)c1ccc2c(c1)CCN2. The minimum absolute atomic E-state index is 0.0228. The summed E-state index contributed by atoms with van der Waals surface area (Å²) in [5, 5.41) is 6.26. The predicted molar refractivity (Wildman–Crippen MR) is 70.4 cm³/mol. The van der Waals surface area contributed by atoms with E-state index in [4.69, 9.17) is 0 Å². The smallest absolute Gasteiger partial charge is 0.251 e. The largest absolute Gasteiger partial charge is 0.384 e. The first kappa shape index (κ1) is 12.0. The number of anilines is 1. The summed E-state index contributed by atoms with van der Waals surface area (Å²) < 4.78 is 0. The van der Waals surface area contributed by atoms with Crippen molar-refractivity contribution in [2.75, 3.05) is 18.4 Å². The second-order valence-electron chi connectivity index (χ2n) is 5.79. The Morgan fingerprint density at radius 1 is 1.41 bits per heavy atom. The van der Waals surface area contributed by atoms with Gasteiger partial charge >= 0.3 is 0 Å². The Morgan fingerprint density at radius 2 is 2.18 bits per heavy atom. The summed E-state index contributed by atoms with van der Waals surface area (Å²) in [4.78, 5) is 12.0. The Labute approximate surface area is 103 Å². The first-order chi connectivity index (χ1) is 7.96. The zero-order valence-electron chi connectivity index (χ0n) is 10.8. The van der Waals surface area contributed by atoms with E-state index in [1.807, 2.05) is 18.2 Å². The molecule has 3 nitrogen and oxygen atoms in total. The number of nitrogens with one attached hydrogen (secondary N) is 2. The minimum atomic E-state index is 0.0228. The number of hydrogen-bond acceptors (Lipinski definition) is 2. The van der Waals surface area contributed by atoms with Gasteiger partial charge in [0.25, 0.3) is 5.91 Å². The number of benzene rings is 1. The monoisotopic (exact) mass is 232 g/mol. The van der Waals surface area contributed by atoms with E-state index in [9.17, 15) is 4.79 Å². The quantitative estimate of drug-likeness (QED) is 0.822. The topological polar surface area (TPSA) is 41.1 Å². The molecule has 0 radical (unpaired) electrons. The fourth-order valence-corrected chi connectivity index (χ4v) is 1.89. The fraction of sp³-hybridized carbons (Fsp3) is 0.500. The van der Waals surface area contributed by atoms with Crippen LogP contribution >= 0.6 is 0 Å². The van der Waals surface area contributed by atoms with E-state index in [0.29, 0.717) is 6.54 Å². The predicted octanol–water partition coefficient (Wildman–Crippen LogP) is 2.43. The molecule has 0 aliphatic carbocycles. The highest BCUT2D eigenvalue weighted by molar-refractivity contribution is 5.95. The van der Waals surface area contributed by atoms with Crippen molar-refractivity contribution in [2.24, 2.45) is 5.41 Å². The van der Waals surface area contributed by atoms with Gasteiger partial charge in [-0.05, 0) is 35.6 Å². The molecule has 1 aromatic rings. The highest BCUT2D eigenvalue weighted by atomic mass is 16.1. The van der Waals surface area contributed by atoms with Crippen molar-refractivity contribution in [2.45, 2.75) is 27.2 Å². The highest BCUT2D eigenvalue weighted by Gasteiger charge is 2.15. The molecule has 0 spiro atoms. The van der Waals surface area contributed by atoms with Gasteiger partial charge in [0.15, 0.2) is 0 Å². The molecule has 0 bridgehead atoms. The van der Waals surface area contributed by atoms with Gasteiger partial charge in [-0.1, -0.05) is 20.8 Å². The van der Waals surface area contributed by atoms with Gasteiger partial charge in [-0.25, -0.2) is 0 Å². The molecule has 92 valence electrons. The van der Waals surface area contributed by atoms with Crippen LogP contribution in [0.5, 0.6) is 0 Å². The van der Waals surface area contributed by atoms with Crippen molar-refractivity contribution in [3.8, 4) is 0 Å². The normalized spacial score (nSPS) is 14.1. The van der Waals surface area contributed by atoms with Crippen LogP contribution in [0.1, 0.15) is 36.7 Å². The molecule has 2 N–H and O–H groups in total.